The summed E-state index contributed by atoms with van der Waals surface area (Å²) in [6, 6.07) is 0. The molecule has 17 heavy (non-hydrogen) atoms. The minimum atomic E-state index is -0.494. The number of nitrogens with zero attached hydrogens (tertiary/aromatic N) is 2. The van der Waals surface area contributed by atoms with Crippen LogP contribution < -0.4 is 5.73 Å². The molecule has 0 spiro atoms. The Balaban J connectivity index is 2.56. The summed E-state index contributed by atoms with van der Waals surface area (Å²) in [5.74, 6) is -0.189. The van der Waals surface area contributed by atoms with E-state index in [1.165, 1.54) is 18.0 Å². The van der Waals surface area contributed by atoms with E-state index < -0.39 is 5.60 Å². The Morgan fingerprint density at radius 1 is 1.59 bits per heavy atom. The average molecular weight is 276 g/mol. The van der Waals surface area contributed by atoms with Crippen molar-refractivity contribution in [2.24, 2.45) is 0 Å². The molecule has 0 atom stereocenters. The summed E-state index contributed by atoms with van der Waals surface area (Å²) in [7, 11) is 0. The molecule has 1 aromatic rings. The van der Waals surface area contributed by atoms with Crippen LogP contribution in [0.4, 0.5) is 5.69 Å². The first-order chi connectivity index (χ1) is 7.78. The Hall–Kier alpha value is -1.01. The van der Waals surface area contributed by atoms with E-state index in [1.54, 1.807) is 0 Å². The zero-order chi connectivity index (χ0) is 13.1. The maximum absolute atomic E-state index is 11.5. The molecular weight excluding hydrogens is 262 g/mol. The maximum atomic E-state index is 11.5. The largest absolute Gasteiger partial charge is 0.459 e. The van der Waals surface area contributed by atoms with Crippen LogP contribution >= 0.6 is 23.4 Å². The lowest BCUT2D eigenvalue weighted by Gasteiger charge is -2.19. The molecule has 0 aliphatic rings. The van der Waals surface area contributed by atoms with Gasteiger partial charge in [-0.25, -0.2) is 9.97 Å². The molecule has 1 aromatic heterocycles. The number of thioether (sulfide) groups is 1. The van der Waals surface area contributed by atoms with Gasteiger partial charge >= 0.3 is 5.97 Å². The maximum Gasteiger partial charge on any atom is 0.316 e. The van der Waals surface area contributed by atoms with Gasteiger partial charge in [0.1, 0.15) is 10.6 Å². The number of esters is 1. The van der Waals surface area contributed by atoms with Crippen molar-refractivity contribution in [3.8, 4) is 0 Å². The molecule has 5 nitrogen and oxygen atoms in total. The molecule has 0 radical (unpaired) electrons. The summed E-state index contributed by atoms with van der Waals surface area (Å²) < 4.78 is 5.15. The van der Waals surface area contributed by atoms with Crippen molar-refractivity contribution >= 4 is 35.0 Å². The summed E-state index contributed by atoms with van der Waals surface area (Å²) in [5.41, 5.74) is 5.54. The van der Waals surface area contributed by atoms with Gasteiger partial charge < -0.3 is 10.5 Å². The number of hydrogen-bond donors (Lipinski definition) is 1. The normalized spacial score (nSPS) is 11.3. The number of ether oxygens (including phenoxy) is 1. The fraction of sp³-hybridized carbons (Fsp3) is 0.500. The highest BCUT2D eigenvalue weighted by Gasteiger charge is 2.17. The number of carbonyl (C=O) groups is 1. The fourth-order valence-corrected chi connectivity index (χ4v) is 1.84. The van der Waals surface area contributed by atoms with Crippen LogP contribution in [-0.2, 0) is 9.53 Å². The Labute approximate surface area is 109 Å². The zero-order valence-corrected chi connectivity index (χ0v) is 11.4. The summed E-state index contributed by atoms with van der Waals surface area (Å²) in [6.45, 7) is 5.43. The predicted octanol–water partition coefficient (Wildman–Crippen LogP) is 2.15. The molecule has 0 saturated heterocycles. The van der Waals surface area contributed by atoms with Crippen LogP contribution in [0.1, 0.15) is 20.8 Å². The van der Waals surface area contributed by atoms with Crippen molar-refractivity contribution in [3.63, 3.8) is 0 Å². The summed E-state index contributed by atoms with van der Waals surface area (Å²) in [4.78, 5) is 19.1. The summed E-state index contributed by atoms with van der Waals surface area (Å²) in [6.07, 6.45) is 1.41. The van der Waals surface area contributed by atoms with Crippen molar-refractivity contribution in [1.82, 2.24) is 9.97 Å². The van der Waals surface area contributed by atoms with E-state index in [9.17, 15) is 4.79 Å². The molecule has 0 aliphatic carbocycles. The lowest BCUT2D eigenvalue weighted by Crippen LogP contribution is -2.25. The van der Waals surface area contributed by atoms with Crippen LogP contribution in [-0.4, -0.2) is 27.3 Å². The van der Waals surface area contributed by atoms with Gasteiger partial charge in [-0.05, 0) is 32.4 Å². The van der Waals surface area contributed by atoms with Gasteiger partial charge in [-0.15, -0.1) is 0 Å². The molecule has 0 aromatic carbocycles. The van der Waals surface area contributed by atoms with Crippen LogP contribution in [0, 0.1) is 0 Å². The second-order valence-electron chi connectivity index (χ2n) is 4.27. The second-order valence-corrected chi connectivity index (χ2v) is 5.58. The Bertz CT molecular complexity index is 421. The third-order valence-corrected chi connectivity index (χ3v) is 2.66. The van der Waals surface area contributed by atoms with Gasteiger partial charge in [-0.2, -0.15) is 0 Å². The molecule has 1 heterocycles. The lowest BCUT2D eigenvalue weighted by molar-refractivity contribution is -0.151. The number of hydrogen-bond acceptors (Lipinski definition) is 6. The quantitative estimate of drug-likeness (QED) is 0.394. The molecule has 1 rings (SSSR count). The van der Waals surface area contributed by atoms with Gasteiger partial charge in [0, 0.05) is 0 Å². The van der Waals surface area contributed by atoms with Gasteiger partial charge in [0.2, 0.25) is 5.28 Å². The Kier molecular flexibility index (Phi) is 4.59. The van der Waals surface area contributed by atoms with Crippen LogP contribution in [0.25, 0.3) is 0 Å². The molecule has 0 aliphatic heterocycles. The summed E-state index contributed by atoms with van der Waals surface area (Å²) >= 11 is 6.81. The molecule has 0 bridgehead atoms. The molecule has 2 N–H and O–H groups in total. The van der Waals surface area contributed by atoms with Crippen molar-refractivity contribution < 1.29 is 9.53 Å². The number of carbonyl (C=O) groups excluding carboxylic acids is 1. The van der Waals surface area contributed by atoms with E-state index in [-0.39, 0.29) is 17.0 Å². The number of nitrogens with two attached hydrogens (primary N) is 1. The van der Waals surface area contributed by atoms with E-state index in [0.717, 1.165) is 0 Å². The van der Waals surface area contributed by atoms with E-state index >= 15 is 0 Å². The van der Waals surface area contributed by atoms with Crippen molar-refractivity contribution in [2.75, 3.05) is 11.5 Å². The minimum Gasteiger partial charge on any atom is -0.459 e. The smallest absolute Gasteiger partial charge is 0.316 e. The first-order valence-corrected chi connectivity index (χ1v) is 6.27. The topological polar surface area (TPSA) is 78.1 Å². The van der Waals surface area contributed by atoms with E-state index in [2.05, 4.69) is 9.97 Å². The van der Waals surface area contributed by atoms with E-state index in [4.69, 9.17) is 22.1 Å². The van der Waals surface area contributed by atoms with Crippen LogP contribution in [0.15, 0.2) is 11.2 Å². The first kappa shape index (κ1) is 14.1. The van der Waals surface area contributed by atoms with Crippen LogP contribution in [0.2, 0.25) is 5.28 Å². The molecule has 7 heteroatoms. The number of rotatable bonds is 3. The Morgan fingerprint density at radius 2 is 2.24 bits per heavy atom. The number of anilines is 1. The van der Waals surface area contributed by atoms with Crippen LogP contribution in [0.3, 0.4) is 0 Å². The number of nitrogen functional groups attached to an aromatic ring is 1. The molecule has 0 amide bonds. The van der Waals surface area contributed by atoms with Gasteiger partial charge in [0.15, 0.2) is 0 Å². The van der Waals surface area contributed by atoms with E-state index in [0.29, 0.717) is 10.7 Å². The van der Waals surface area contributed by atoms with Gasteiger partial charge in [0.05, 0.1) is 17.6 Å². The number of halogens is 1. The molecule has 94 valence electrons. The van der Waals surface area contributed by atoms with Gasteiger partial charge in [-0.1, -0.05) is 11.8 Å². The number of aromatic nitrogens is 2. The van der Waals surface area contributed by atoms with Crippen molar-refractivity contribution in [2.45, 2.75) is 31.4 Å². The molecule has 0 unspecified atom stereocenters. The third-order valence-electron chi connectivity index (χ3n) is 1.50. The standard InChI is InChI=1S/C10H14ClN3O2S/c1-10(2,3)16-7(15)5-17-8-6(12)4-13-9(11)14-8/h4H,5,12H2,1-3H3. The highest BCUT2D eigenvalue weighted by Crippen LogP contribution is 2.23. The zero-order valence-electron chi connectivity index (χ0n) is 9.86. The van der Waals surface area contributed by atoms with E-state index in [1.807, 2.05) is 20.8 Å². The van der Waals surface area contributed by atoms with Gasteiger partial charge in [-0.3, -0.25) is 4.79 Å². The fourth-order valence-electron chi connectivity index (χ4n) is 0.969. The predicted molar refractivity (Wildman–Crippen MR) is 68.0 cm³/mol. The van der Waals surface area contributed by atoms with Gasteiger partial charge in [0.25, 0.3) is 0 Å². The van der Waals surface area contributed by atoms with Crippen molar-refractivity contribution in [3.05, 3.63) is 11.5 Å². The van der Waals surface area contributed by atoms with Crippen LogP contribution in [0.5, 0.6) is 0 Å². The second kappa shape index (κ2) is 5.55. The SMILES string of the molecule is CC(C)(C)OC(=O)CSc1nc(Cl)ncc1N. The Morgan fingerprint density at radius 3 is 2.82 bits per heavy atom. The summed E-state index contributed by atoms with van der Waals surface area (Å²) in [5, 5.41) is 0.585. The lowest BCUT2D eigenvalue weighted by atomic mass is 10.2. The highest BCUT2D eigenvalue weighted by atomic mass is 35.5. The molecule has 0 saturated carbocycles. The monoisotopic (exact) mass is 275 g/mol. The van der Waals surface area contributed by atoms with Crippen molar-refractivity contribution in [1.29, 1.82) is 0 Å². The average Bonchev–Trinajstić information content (AvgIpc) is 2.17. The molecular formula is C10H14ClN3O2S. The molecule has 0 fully saturated rings. The third kappa shape index (κ3) is 5.23. The first-order valence-electron chi connectivity index (χ1n) is 4.90. The minimum absolute atomic E-state index is 0.103. The highest BCUT2D eigenvalue weighted by molar-refractivity contribution is 8.00.